The zero-order valence-electron chi connectivity index (χ0n) is 8.71. The maximum absolute atomic E-state index is 11.7. The van der Waals surface area contributed by atoms with Crippen LogP contribution in [0.1, 0.15) is 17.2 Å². The van der Waals surface area contributed by atoms with Crippen molar-refractivity contribution in [2.75, 3.05) is 6.54 Å². The molecule has 1 aromatic rings. The van der Waals surface area contributed by atoms with Gasteiger partial charge < -0.3 is 15.1 Å². The summed E-state index contributed by atoms with van der Waals surface area (Å²) in [6.45, 7) is 0.578. The molecule has 3 rings (SSSR count). The molecule has 1 fully saturated rings. The maximum atomic E-state index is 11.7. The Morgan fingerprint density at radius 1 is 1.25 bits per heavy atom. The Bertz CT molecular complexity index is 446. The van der Waals surface area contributed by atoms with Crippen molar-refractivity contribution in [3.05, 3.63) is 35.4 Å². The van der Waals surface area contributed by atoms with E-state index in [1.807, 2.05) is 24.3 Å². The number of nitrogens with zero attached hydrogens (tertiary/aromatic N) is 1. The van der Waals surface area contributed by atoms with Gasteiger partial charge in [-0.25, -0.2) is 0 Å². The highest BCUT2D eigenvalue weighted by Gasteiger charge is 2.48. The number of aliphatic hydroxyl groups excluding tert-OH is 2. The normalized spacial score (nSPS) is 32.5. The largest absolute Gasteiger partial charge is 0.387 e. The summed E-state index contributed by atoms with van der Waals surface area (Å²) >= 11 is 0. The van der Waals surface area contributed by atoms with Gasteiger partial charge in [-0.3, -0.25) is 4.79 Å². The quantitative estimate of drug-likeness (QED) is 0.638. The Labute approximate surface area is 93.1 Å². The molecule has 3 unspecified atom stereocenters. The van der Waals surface area contributed by atoms with Crippen LogP contribution < -0.4 is 0 Å². The lowest BCUT2D eigenvalue weighted by Gasteiger charge is -2.32. The van der Waals surface area contributed by atoms with E-state index >= 15 is 0 Å². The Hall–Kier alpha value is -1.39. The minimum Gasteiger partial charge on any atom is -0.387 e. The molecule has 1 aromatic carbocycles. The molecule has 0 radical (unpaired) electrons. The van der Waals surface area contributed by atoms with E-state index in [-0.39, 0.29) is 11.9 Å². The fraction of sp³-hybridized carbons (Fsp3) is 0.417. The van der Waals surface area contributed by atoms with Crippen molar-refractivity contribution in [2.24, 2.45) is 0 Å². The van der Waals surface area contributed by atoms with Crippen LogP contribution in [0.3, 0.4) is 0 Å². The molecule has 16 heavy (non-hydrogen) atoms. The van der Waals surface area contributed by atoms with Gasteiger partial charge in [-0.05, 0) is 17.5 Å². The minimum atomic E-state index is -1.27. The van der Waals surface area contributed by atoms with Crippen LogP contribution in [0.15, 0.2) is 24.3 Å². The summed E-state index contributed by atoms with van der Waals surface area (Å²) in [7, 11) is 0. The van der Waals surface area contributed by atoms with Gasteiger partial charge in [-0.1, -0.05) is 24.3 Å². The number of fused-ring (bicyclic) bond motifs is 3. The van der Waals surface area contributed by atoms with Crippen molar-refractivity contribution in [2.45, 2.75) is 24.7 Å². The van der Waals surface area contributed by atoms with Gasteiger partial charge in [-0.2, -0.15) is 0 Å². The Morgan fingerprint density at radius 2 is 2.00 bits per heavy atom. The molecule has 2 aliphatic heterocycles. The van der Waals surface area contributed by atoms with Crippen LogP contribution in [0, 0.1) is 0 Å². The molecule has 0 aromatic heterocycles. The number of aliphatic hydroxyl groups is 2. The SMILES string of the molecule is O=C1C(O)C(O)C2c3ccccc3CCN12. The van der Waals surface area contributed by atoms with E-state index in [0.29, 0.717) is 6.54 Å². The number of hydrogen-bond donors (Lipinski definition) is 2. The number of carbonyl (C=O) groups is 1. The number of hydrogen-bond acceptors (Lipinski definition) is 3. The summed E-state index contributed by atoms with van der Waals surface area (Å²) in [5, 5.41) is 19.5. The third kappa shape index (κ3) is 1.14. The predicted molar refractivity (Wildman–Crippen MR) is 56.6 cm³/mol. The fourth-order valence-corrected chi connectivity index (χ4v) is 2.70. The second kappa shape index (κ2) is 3.30. The number of benzene rings is 1. The van der Waals surface area contributed by atoms with Gasteiger partial charge in [0, 0.05) is 6.54 Å². The Balaban J connectivity index is 2.10. The number of carbonyl (C=O) groups excluding carboxylic acids is 1. The van der Waals surface area contributed by atoms with Crippen molar-refractivity contribution in [1.29, 1.82) is 0 Å². The van der Waals surface area contributed by atoms with Crippen LogP contribution >= 0.6 is 0 Å². The highest BCUT2D eigenvalue weighted by atomic mass is 16.3. The van der Waals surface area contributed by atoms with Crippen molar-refractivity contribution < 1.29 is 15.0 Å². The molecular weight excluding hydrogens is 206 g/mol. The average molecular weight is 219 g/mol. The van der Waals surface area contributed by atoms with E-state index in [1.54, 1.807) is 4.90 Å². The van der Waals surface area contributed by atoms with E-state index < -0.39 is 12.2 Å². The molecular formula is C12H13NO3. The molecule has 4 heteroatoms. The first kappa shape index (κ1) is 9.81. The van der Waals surface area contributed by atoms with E-state index in [0.717, 1.165) is 17.5 Å². The lowest BCUT2D eigenvalue weighted by atomic mass is 9.91. The van der Waals surface area contributed by atoms with Crippen LogP contribution in [-0.2, 0) is 11.2 Å². The first-order chi connectivity index (χ1) is 7.70. The predicted octanol–water partition coefficient (Wildman–Crippen LogP) is -0.152. The summed E-state index contributed by atoms with van der Waals surface area (Å²) in [5.74, 6) is -0.355. The van der Waals surface area contributed by atoms with Gasteiger partial charge in [-0.15, -0.1) is 0 Å². The molecule has 1 amide bonds. The third-order valence-corrected chi connectivity index (χ3v) is 3.51. The molecule has 2 heterocycles. The second-order valence-corrected chi connectivity index (χ2v) is 4.36. The molecule has 84 valence electrons. The molecule has 0 aliphatic carbocycles. The molecule has 2 N–H and O–H groups in total. The Kier molecular flexibility index (Phi) is 2.02. The van der Waals surface area contributed by atoms with Gasteiger partial charge >= 0.3 is 0 Å². The Morgan fingerprint density at radius 3 is 2.81 bits per heavy atom. The molecule has 0 saturated carbocycles. The molecule has 4 nitrogen and oxygen atoms in total. The standard InChI is InChI=1S/C12H13NO3/c14-10-9-8-4-2-1-3-7(8)5-6-13(9)12(16)11(10)15/h1-4,9-11,14-15H,5-6H2. The topological polar surface area (TPSA) is 60.8 Å². The number of rotatable bonds is 0. The van der Waals surface area contributed by atoms with Gasteiger partial charge in [0.1, 0.15) is 6.10 Å². The van der Waals surface area contributed by atoms with Crippen molar-refractivity contribution in [3.63, 3.8) is 0 Å². The van der Waals surface area contributed by atoms with E-state index in [1.165, 1.54) is 0 Å². The van der Waals surface area contributed by atoms with Crippen LogP contribution in [0.2, 0.25) is 0 Å². The summed E-state index contributed by atoms with van der Waals surface area (Å²) in [6.07, 6.45) is -1.48. The first-order valence-electron chi connectivity index (χ1n) is 5.44. The second-order valence-electron chi connectivity index (χ2n) is 4.36. The summed E-state index contributed by atoms with van der Waals surface area (Å²) < 4.78 is 0. The average Bonchev–Trinajstić information content (AvgIpc) is 2.55. The molecule has 3 atom stereocenters. The van der Waals surface area contributed by atoms with Crippen LogP contribution in [-0.4, -0.2) is 39.8 Å². The van der Waals surface area contributed by atoms with E-state index in [9.17, 15) is 15.0 Å². The zero-order chi connectivity index (χ0) is 11.3. The molecule has 1 saturated heterocycles. The monoisotopic (exact) mass is 219 g/mol. The third-order valence-electron chi connectivity index (χ3n) is 3.51. The summed E-state index contributed by atoms with van der Waals surface area (Å²) in [6, 6.07) is 7.40. The van der Waals surface area contributed by atoms with Gasteiger partial charge in [0.15, 0.2) is 6.10 Å². The summed E-state index contributed by atoms with van der Waals surface area (Å²) in [5.41, 5.74) is 2.12. The maximum Gasteiger partial charge on any atom is 0.254 e. The van der Waals surface area contributed by atoms with Crippen molar-refractivity contribution in [1.82, 2.24) is 4.90 Å². The minimum absolute atomic E-state index is 0.355. The first-order valence-corrected chi connectivity index (χ1v) is 5.44. The lowest BCUT2D eigenvalue weighted by molar-refractivity contribution is -0.136. The lowest BCUT2D eigenvalue weighted by Crippen LogP contribution is -2.36. The van der Waals surface area contributed by atoms with Crippen LogP contribution in [0.25, 0.3) is 0 Å². The van der Waals surface area contributed by atoms with Gasteiger partial charge in [0.25, 0.3) is 5.91 Å². The highest BCUT2D eigenvalue weighted by molar-refractivity contribution is 5.85. The zero-order valence-corrected chi connectivity index (χ0v) is 8.71. The van der Waals surface area contributed by atoms with E-state index in [2.05, 4.69) is 0 Å². The highest BCUT2D eigenvalue weighted by Crippen LogP contribution is 2.38. The van der Waals surface area contributed by atoms with Crippen molar-refractivity contribution in [3.8, 4) is 0 Å². The molecule has 2 aliphatic rings. The van der Waals surface area contributed by atoms with E-state index in [4.69, 9.17) is 0 Å². The summed E-state index contributed by atoms with van der Waals surface area (Å²) in [4.78, 5) is 13.3. The van der Waals surface area contributed by atoms with Gasteiger partial charge in [0.05, 0.1) is 6.04 Å². The van der Waals surface area contributed by atoms with Gasteiger partial charge in [0.2, 0.25) is 0 Å². The fourth-order valence-electron chi connectivity index (χ4n) is 2.70. The number of amides is 1. The smallest absolute Gasteiger partial charge is 0.254 e. The van der Waals surface area contributed by atoms with Crippen LogP contribution in [0.5, 0.6) is 0 Å². The molecule has 0 bridgehead atoms. The molecule has 0 spiro atoms. The van der Waals surface area contributed by atoms with Crippen molar-refractivity contribution >= 4 is 5.91 Å². The van der Waals surface area contributed by atoms with Crippen LogP contribution in [0.4, 0.5) is 0 Å².